The number of nitrogens with one attached hydrogen (secondary N) is 2. The number of aryl methyl sites for hydroxylation is 2. The van der Waals surface area contributed by atoms with E-state index < -0.39 is 30.2 Å². The van der Waals surface area contributed by atoms with Crippen molar-refractivity contribution < 1.29 is 97.3 Å². The molecular formula is C101H98N4O20. The molecule has 24 heteroatoms. The second kappa shape index (κ2) is 43.2. The number of rotatable bonds is 24. The number of hydroxylamine groups is 2. The van der Waals surface area contributed by atoms with Crippen molar-refractivity contribution in [3.8, 4) is 39.9 Å². The van der Waals surface area contributed by atoms with Crippen molar-refractivity contribution in [3.63, 3.8) is 0 Å². The molecular weight excluding hydrogens is 1590 g/mol. The average Bonchev–Trinajstić information content (AvgIpc) is 0.988. The van der Waals surface area contributed by atoms with E-state index in [9.17, 15) is 68.1 Å². The Balaban J connectivity index is 0.000000166. The number of ether oxygens (including phenoxy) is 3. The molecule has 0 radical (unpaired) electrons. The minimum Gasteiger partial charge on any atom is -0.508 e. The molecule has 4 aliphatic rings. The van der Waals surface area contributed by atoms with Crippen molar-refractivity contribution in [3.05, 3.63) is 346 Å². The molecule has 3 aliphatic carbocycles. The first kappa shape index (κ1) is 91.1. The Bertz CT molecular complexity index is 5860. The number of aromatic hydroxyl groups is 5. The largest absolute Gasteiger partial charge is 0.534 e. The molecule has 9 N–H and O–H groups in total. The van der Waals surface area contributed by atoms with Crippen LogP contribution in [-0.2, 0) is 133 Å². The Labute approximate surface area is 723 Å². The van der Waals surface area contributed by atoms with Gasteiger partial charge >= 0.3 is 18.3 Å². The van der Waals surface area contributed by atoms with Crippen LogP contribution in [0.3, 0.4) is 0 Å². The summed E-state index contributed by atoms with van der Waals surface area (Å²) in [5.41, 5.74) is 25.2. The molecule has 15 rings (SSSR count). The zero-order chi connectivity index (χ0) is 89.4. The third-order valence-electron chi connectivity index (χ3n) is 21.1. The third kappa shape index (κ3) is 25.5. The van der Waals surface area contributed by atoms with Crippen molar-refractivity contribution >= 4 is 64.9 Å². The number of hydrogen-bond acceptors (Lipinski definition) is 21. The number of nitrogens with zero attached hydrogens (tertiary/aromatic N) is 1. The van der Waals surface area contributed by atoms with Gasteiger partial charge in [0.2, 0.25) is 0 Å². The molecule has 11 aromatic carbocycles. The van der Waals surface area contributed by atoms with Crippen LogP contribution in [-0.4, -0.2) is 115 Å². The van der Waals surface area contributed by atoms with Gasteiger partial charge in [-0.2, -0.15) is 0 Å². The molecule has 1 fully saturated rings. The molecule has 4 amide bonds. The van der Waals surface area contributed by atoms with Crippen molar-refractivity contribution in [2.45, 2.75) is 138 Å². The molecule has 11 aromatic rings. The molecule has 1 aliphatic heterocycles. The number of fused-ring (bicyclic) bond motifs is 6. The van der Waals surface area contributed by atoms with E-state index in [1.807, 2.05) is 116 Å². The van der Waals surface area contributed by atoms with Crippen molar-refractivity contribution in [2.75, 3.05) is 19.6 Å². The normalized spacial score (nSPS) is 12.3. The highest BCUT2D eigenvalue weighted by Gasteiger charge is 2.34. The summed E-state index contributed by atoms with van der Waals surface area (Å²) in [5, 5.41) is 53.7. The summed E-state index contributed by atoms with van der Waals surface area (Å²) in [5.74, 6) is -0.378. The van der Waals surface area contributed by atoms with Gasteiger partial charge in [0.25, 0.3) is 11.8 Å². The SMILES string of the molecule is CC(=O)Cc1ccc2c(c1)C(=O)c1cc(COC(=O)NCCc3ccc(O)cc3)ccc1C2.CC(=O)Cc1ccc2c(c1)C(=O)c1cc(COC(=O)ON3C(=O)CCC3=O)ccc1C2.CCc1ccc(O)c(-c2cc(CCNC(=O)OCc3ccc4c(c3)C(=O)c3cc(CC(C)=O)ccc3C4)ccc2O)c1.CCc1ccc(O)cc1.NCCc1ccc(O)cc1. The van der Waals surface area contributed by atoms with Gasteiger partial charge in [0.1, 0.15) is 65.9 Å². The summed E-state index contributed by atoms with van der Waals surface area (Å²) in [6.45, 7) is 9.94. The first-order chi connectivity index (χ1) is 60.1. The molecule has 0 bridgehead atoms. The summed E-state index contributed by atoms with van der Waals surface area (Å²) in [7, 11) is 0. The van der Waals surface area contributed by atoms with Crippen molar-refractivity contribution in [2.24, 2.45) is 5.73 Å². The lowest BCUT2D eigenvalue weighted by atomic mass is 9.83. The van der Waals surface area contributed by atoms with Crippen molar-refractivity contribution in [1.82, 2.24) is 15.7 Å². The number of carbonyl (C=O) groups excluding carboxylic acids is 11. The zero-order valence-electron chi connectivity index (χ0n) is 70.1. The smallest absolute Gasteiger partial charge is 0.508 e. The van der Waals surface area contributed by atoms with Gasteiger partial charge in [-0.3, -0.25) is 43.2 Å². The number of ketones is 6. The summed E-state index contributed by atoms with van der Waals surface area (Å²) in [4.78, 5) is 138. The number of carbonyl (C=O) groups is 11. The highest BCUT2D eigenvalue weighted by Crippen LogP contribution is 2.38. The van der Waals surface area contributed by atoms with Crippen LogP contribution in [0, 0.1) is 0 Å². The number of benzene rings is 11. The van der Waals surface area contributed by atoms with E-state index in [0.29, 0.717) is 137 Å². The highest BCUT2D eigenvalue weighted by atomic mass is 16.8. The maximum atomic E-state index is 13.3. The van der Waals surface area contributed by atoms with Gasteiger partial charge in [-0.15, -0.1) is 0 Å². The lowest BCUT2D eigenvalue weighted by Crippen LogP contribution is -2.32. The number of nitrogens with two attached hydrogens (primary N) is 1. The van der Waals surface area contributed by atoms with Gasteiger partial charge in [-0.25, -0.2) is 14.4 Å². The van der Waals surface area contributed by atoms with E-state index in [-0.39, 0.29) is 91.0 Å². The fraction of sp³-hybridized carbons (Fsp3) is 0.238. The van der Waals surface area contributed by atoms with Crippen LogP contribution in [0.4, 0.5) is 14.4 Å². The Hall–Kier alpha value is -14.7. The highest BCUT2D eigenvalue weighted by molar-refractivity contribution is 6.14. The van der Waals surface area contributed by atoms with E-state index >= 15 is 0 Å². The molecule has 24 nitrogen and oxygen atoms in total. The number of phenols is 5. The lowest BCUT2D eigenvalue weighted by molar-refractivity contribution is -0.177. The van der Waals surface area contributed by atoms with E-state index in [0.717, 1.165) is 91.6 Å². The number of imide groups is 1. The van der Waals surface area contributed by atoms with Crippen LogP contribution in [0.15, 0.2) is 218 Å². The monoisotopic (exact) mass is 1690 g/mol. The predicted molar refractivity (Wildman–Crippen MR) is 468 cm³/mol. The van der Waals surface area contributed by atoms with Crippen LogP contribution in [0.5, 0.6) is 28.7 Å². The third-order valence-corrected chi connectivity index (χ3v) is 21.1. The minimum atomic E-state index is -1.17. The molecule has 0 atom stereocenters. The molecule has 0 spiro atoms. The van der Waals surface area contributed by atoms with Gasteiger partial charge < -0.3 is 56.1 Å². The van der Waals surface area contributed by atoms with E-state index in [2.05, 4.69) is 22.4 Å². The Kier molecular flexibility index (Phi) is 31.5. The second-order valence-electron chi connectivity index (χ2n) is 30.8. The first-order valence-electron chi connectivity index (χ1n) is 41.1. The van der Waals surface area contributed by atoms with Crippen LogP contribution < -0.4 is 16.4 Å². The molecule has 0 unspecified atom stereocenters. The zero-order valence-corrected chi connectivity index (χ0v) is 70.1. The Morgan fingerprint density at radius 2 is 0.616 bits per heavy atom. The van der Waals surface area contributed by atoms with Gasteiger partial charge in [0.05, 0.1) is 0 Å². The molecule has 1 saturated heterocycles. The average molecular weight is 1690 g/mol. The van der Waals surface area contributed by atoms with E-state index in [1.165, 1.54) is 31.9 Å². The maximum Gasteiger partial charge on any atom is 0.534 e. The van der Waals surface area contributed by atoms with Crippen LogP contribution in [0.1, 0.15) is 190 Å². The van der Waals surface area contributed by atoms with Gasteiger partial charge in [0.15, 0.2) is 17.3 Å². The second-order valence-corrected chi connectivity index (χ2v) is 30.8. The topological polar surface area (TPSA) is 379 Å². The number of hydrogen-bond donors (Lipinski definition) is 8. The molecule has 0 aromatic heterocycles. The Morgan fingerprint density at radius 1 is 0.336 bits per heavy atom. The molecule has 642 valence electrons. The van der Waals surface area contributed by atoms with E-state index in [1.54, 1.807) is 109 Å². The summed E-state index contributed by atoms with van der Waals surface area (Å²) in [6, 6.07) is 64.7. The standard InChI is InChI=1S/C35H33NO6.C27H25NO5.C23H19NO7.C8H11NO.C8H10O/c1-3-22-6-10-32(38)30(15-22)31-16-23(7-11-33(31)39)12-13-36-35(41)42-20-25-5-9-27-19-26-8-4-24(14-21(2)37)17-28(26)34(40)29(27)18-25;1-17(29)12-19-2-6-21-15-22-7-3-20(14-25(22)26(31)24(21)13-19)16-33-27(32)28-11-10-18-4-8-23(30)9-5-18;1-13(25)8-14-2-4-16-11-17-5-3-15(10-19(17)22(28)18(16)9-14)12-30-23(29)31-24-20(26)6-7-21(24)27;9-6-5-7-1-3-8(10)4-2-7;1-2-7-3-5-8(9)6-4-7/h4-11,15-18,38-39H,3,12-14,19-20H2,1-2H3,(H,36,41);2-9,13-14,30H,10-12,15-16H2,1H3,(H,28,32);2-5,9-10H,6-8,11-12H2,1H3;1-4,10H,5-6,9H2;3-6,9H,2H2,1H3. The fourth-order valence-electron chi connectivity index (χ4n) is 14.6. The van der Waals surface area contributed by atoms with Crippen molar-refractivity contribution in [1.29, 1.82) is 0 Å². The fourth-order valence-corrected chi connectivity index (χ4v) is 14.6. The summed E-state index contributed by atoms with van der Waals surface area (Å²) < 4.78 is 15.7. The summed E-state index contributed by atoms with van der Waals surface area (Å²) >= 11 is 0. The summed E-state index contributed by atoms with van der Waals surface area (Å²) in [6.07, 6.45) is 4.26. The number of amides is 4. The maximum absolute atomic E-state index is 13.3. The molecule has 0 saturated carbocycles. The van der Waals surface area contributed by atoms with Gasteiger partial charge in [-0.1, -0.05) is 140 Å². The molecule has 1 heterocycles. The van der Waals surface area contributed by atoms with Gasteiger partial charge in [-0.05, 0) is 270 Å². The van der Waals surface area contributed by atoms with Crippen LogP contribution in [0.25, 0.3) is 11.1 Å². The van der Waals surface area contributed by atoms with Crippen LogP contribution >= 0.6 is 0 Å². The minimum absolute atomic E-state index is 0.00531. The van der Waals surface area contributed by atoms with Crippen LogP contribution in [0.2, 0.25) is 0 Å². The lowest BCUT2D eigenvalue weighted by Gasteiger charge is -2.20. The number of Topliss-reactive ketones (excluding diaryl/α,β-unsaturated/α-hetero) is 3. The number of alkyl carbamates (subject to hydrolysis) is 2. The number of phenolic OH excluding ortho intramolecular Hbond substituents is 5. The van der Waals surface area contributed by atoms with E-state index in [4.69, 9.17) is 30.2 Å². The predicted octanol–water partition coefficient (Wildman–Crippen LogP) is 15.7. The quantitative estimate of drug-likeness (QED) is 0.0158. The molecule has 125 heavy (non-hydrogen) atoms. The van der Waals surface area contributed by atoms with Gasteiger partial charge in [0, 0.05) is 89.7 Å². The first-order valence-corrected chi connectivity index (χ1v) is 41.1. The Morgan fingerprint density at radius 3 is 0.960 bits per heavy atom.